The lowest BCUT2D eigenvalue weighted by atomic mass is 9.82. The second-order valence-electron chi connectivity index (χ2n) is 5.02. The van der Waals surface area contributed by atoms with Crippen molar-refractivity contribution >= 4 is 5.97 Å². The zero-order valence-electron chi connectivity index (χ0n) is 8.73. The van der Waals surface area contributed by atoms with Crippen LogP contribution in [0.15, 0.2) is 0 Å². The quantitative estimate of drug-likeness (QED) is 0.573. The molecule has 0 aromatic heterocycles. The molecule has 4 atom stereocenters. The number of hydrogen-bond acceptors (Lipinski definition) is 5. The van der Waals surface area contributed by atoms with Gasteiger partial charge < -0.3 is 19.3 Å². The zero-order valence-corrected chi connectivity index (χ0v) is 8.73. The molecule has 15 heavy (non-hydrogen) atoms. The van der Waals surface area contributed by atoms with Gasteiger partial charge in [-0.1, -0.05) is 0 Å². The normalized spacial score (nSPS) is 51.4. The summed E-state index contributed by atoms with van der Waals surface area (Å²) in [5, 5.41) is 10.00. The highest BCUT2D eigenvalue weighted by Gasteiger charge is 2.62. The maximum absolute atomic E-state index is 11.4. The van der Waals surface area contributed by atoms with Crippen molar-refractivity contribution in [3.63, 3.8) is 0 Å². The molecule has 0 aromatic rings. The standard InChI is InChI=1S/C10H14O5/c1-9(2)14-6-4-10(12)3-5(7(6)15-9)13-8(10)11/h5-7,12H,3-4H2,1-2H3/t5-,6-,7?,10-/m1/s1. The highest BCUT2D eigenvalue weighted by atomic mass is 16.8. The van der Waals surface area contributed by atoms with Crippen molar-refractivity contribution in [3.8, 4) is 0 Å². The molecule has 2 bridgehead atoms. The monoisotopic (exact) mass is 214 g/mol. The molecule has 3 fully saturated rings. The minimum atomic E-state index is -1.35. The fourth-order valence-electron chi connectivity index (χ4n) is 2.72. The van der Waals surface area contributed by atoms with Gasteiger partial charge in [-0.15, -0.1) is 0 Å². The van der Waals surface area contributed by atoms with Gasteiger partial charge in [-0.25, -0.2) is 4.79 Å². The summed E-state index contributed by atoms with van der Waals surface area (Å²) in [5.74, 6) is -1.19. The molecule has 5 nitrogen and oxygen atoms in total. The smallest absolute Gasteiger partial charge is 0.338 e. The highest BCUT2D eigenvalue weighted by Crippen LogP contribution is 2.46. The fraction of sp³-hybridized carbons (Fsp3) is 0.900. The summed E-state index contributed by atoms with van der Waals surface area (Å²) < 4.78 is 16.4. The van der Waals surface area contributed by atoms with Crippen molar-refractivity contribution in [3.05, 3.63) is 0 Å². The first-order valence-electron chi connectivity index (χ1n) is 5.19. The van der Waals surface area contributed by atoms with Gasteiger partial charge in [0.15, 0.2) is 11.4 Å². The summed E-state index contributed by atoms with van der Waals surface area (Å²) in [4.78, 5) is 11.4. The number of rotatable bonds is 0. The van der Waals surface area contributed by atoms with E-state index in [-0.39, 0.29) is 24.7 Å². The van der Waals surface area contributed by atoms with Gasteiger partial charge in [0.05, 0.1) is 6.10 Å². The molecule has 1 N–H and O–H groups in total. The summed E-state index contributed by atoms with van der Waals surface area (Å²) >= 11 is 0. The van der Waals surface area contributed by atoms with E-state index in [4.69, 9.17) is 14.2 Å². The maximum Gasteiger partial charge on any atom is 0.338 e. The highest BCUT2D eigenvalue weighted by molar-refractivity contribution is 5.82. The van der Waals surface area contributed by atoms with Crippen molar-refractivity contribution in [2.24, 2.45) is 0 Å². The van der Waals surface area contributed by atoms with Crippen LogP contribution in [0.25, 0.3) is 0 Å². The molecule has 0 aromatic carbocycles. The Labute approximate surface area is 87.3 Å². The number of fused-ring (bicyclic) bond motifs is 4. The first-order chi connectivity index (χ1) is 6.90. The number of carbonyl (C=O) groups excluding carboxylic acids is 1. The van der Waals surface area contributed by atoms with E-state index in [1.807, 2.05) is 13.8 Å². The Bertz CT molecular complexity index is 326. The molecule has 1 unspecified atom stereocenters. The lowest BCUT2D eigenvalue weighted by Gasteiger charge is -2.29. The van der Waals surface area contributed by atoms with Crippen molar-refractivity contribution in [2.75, 3.05) is 0 Å². The van der Waals surface area contributed by atoms with Gasteiger partial charge in [0.25, 0.3) is 0 Å². The lowest BCUT2D eigenvalue weighted by molar-refractivity contribution is -0.171. The maximum atomic E-state index is 11.4. The summed E-state index contributed by atoms with van der Waals surface area (Å²) in [7, 11) is 0. The lowest BCUT2D eigenvalue weighted by Crippen LogP contribution is -2.47. The van der Waals surface area contributed by atoms with E-state index >= 15 is 0 Å². The molecule has 3 rings (SSSR count). The SMILES string of the molecule is CC1(C)OC2[C@H]3C[C@@](O)(C[C@H]2O1)C(=O)O3. The predicted octanol–water partition coefficient (Wildman–Crippen LogP) is -0.0432. The van der Waals surface area contributed by atoms with Crippen LogP contribution in [0.5, 0.6) is 0 Å². The Morgan fingerprint density at radius 2 is 1.93 bits per heavy atom. The molecule has 84 valence electrons. The Hall–Kier alpha value is -0.650. The minimum Gasteiger partial charge on any atom is -0.457 e. The topological polar surface area (TPSA) is 65.0 Å². The van der Waals surface area contributed by atoms with Crippen molar-refractivity contribution in [1.82, 2.24) is 0 Å². The molecule has 1 aliphatic carbocycles. The number of esters is 1. The molecule has 5 heteroatoms. The van der Waals surface area contributed by atoms with Crippen LogP contribution in [0.2, 0.25) is 0 Å². The molecule has 3 aliphatic rings. The molecule has 1 saturated carbocycles. The molecule has 2 aliphatic heterocycles. The predicted molar refractivity (Wildman–Crippen MR) is 47.9 cm³/mol. The van der Waals surface area contributed by atoms with E-state index in [1.54, 1.807) is 0 Å². The first kappa shape index (κ1) is 9.57. The fourth-order valence-corrected chi connectivity index (χ4v) is 2.72. The first-order valence-corrected chi connectivity index (χ1v) is 5.19. The molecule has 2 heterocycles. The Balaban J connectivity index is 1.90. The Morgan fingerprint density at radius 3 is 2.67 bits per heavy atom. The summed E-state index contributed by atoms with van der Waals surface area (Å²) in [6.45, 7) is 3.65. The summed E-state index contributed by atoms with van der Waals surface area (Å²) in [6.07, 6.45) is -0.229. The van der Waals surface area contributed by atoms with Crippen LogP contribution in [0.1, 0.15) is 26.7 Å². The van der Waals surface area contributed by atoms with Gasteiger partial charge >= 0.3 is 5.97 Å². The molecular weight excluding hydrogens is 200 g/mol. The van der Waals surface area contributed by atoms with Crippen molar-refractivity contribution in [1.29, 1.82) is 0 Å². The van der Waals surface area contributed by atoms with Crippen LogP contribution >= 0.6 is 0 Å². The third kappa shape index (κ3) is 1.23. The van der Waals surface area contributed by atoms with Crippen LogP contribution in [0, 0.1) is 0 Å². The van der Waals surface area contributed by atoms with E-state index < -0.39 is 17.4 Å². The van der Waals surface area contributed by atoms with E-state index in [2.05, 4.69) is 0 Å². The molecule has 2 saturated heterocycles. The van der Waals surface area contributed by atoms with Crippen molar-refractivity contribution < 1.29 is 24.1 Å². The number of hydrogen-bond donors (Lipinski definition) is 1. The largest absolute Gasteiger partial charge is 0.457 e. The van der Waals surface area contributed by atoms with Crippen molar-refractivity contribution in [2.45, 2.75) is 56.4 Å². The molecule has 0 radical (unpaired) electrons. The van der Waals surface area contributed by atoms with Gasteiger partial charge in [-0.05, 0) is 13.8 Å². The van der Waals surface area contributed by atoms with Gasteiger partial charge in [0.2, 0.25) is 0 Å². The number of aliphatic hydroxyl groups is 1. The third-order valence-corrected chi connectivity index (χ3v) is 3.30. The van der Waals surface area contributed by atoms with E-state index in [0.717, 1.165) is 0 Å². The molecule has 0 amide bonds. The van der Waals surface area contributed by atoms with Crippen LogP contribution in [0.3, 0.4) is 0 Å². The number of carbonyl (C=O) groups is 1. The molecule has 0 spiro atoms. The second kappa shape index (κ2) is 2.53. The van der Waals surface area contributed by atoms with E-state index in [9.17, 15) is 9.90 Å². The van der Waals surface area contributed by atoms with Crippen LogP contribution in [-0.4, -0.2) is 40.8 Å². The summed E-state index contributed by atoms with van der Waals surface area (Å²) in [6, 6.07) is 0. The van der Waals surface area contributed by atoms with Crippen LogP contribution in [0.4, 0.5) is 0 Å². The summed E-state index contributed by atoms with van der Waals surface area (Å²) in [5.41, 5.74) is -1.35. The van der Waals surface area contributed by atoms with E-state index in [0.29, 0.717) is 6.42 Å². The van der Waals surface area contributed by atoms with E-state index in [1.165, 1.54) is 0 Å². The number of ether oxygens (including phenoxy) is 3. The molecular formula is C10H14O5. The zero-order chi connectivity index (χ0) is 10.8. The van der Waals surface area contributed by atoms with Gasteiger partial charge in [0, 0.05) is 12.8 Å². The minimum absolute atomic E-state index is 0.230. The second-order valence-corrected chi connectivity index (χ2v) is 5.02. The van der Waals surface area contributed by atoms with Gasteiger partial charge in [-0.3, -0.25) is 0 Å². The Morgan fingerprint density at radius 1 is 1.27 bits per heavy atom. The average Bonchev–Trinajstić information content (AvgIpc) is 2.50. The van der Waals surface area contributed by atoms with Gasteiger partial charge in [0.1, 0.15) is 12.2 Å². The van der Waals surface area contributed by atoms with Crippen LogP contribution in [-0.2, 0) is 19.0 Å². The third-order valence-electron chi connectivity index (χ3n) is 3.30. The Kier molecular flexibility index (Phi) is 1.62. The average molecular weight is 214 g/mol. The van der Waals surface area contributed by atoms with Gasteiger partial charge in [-0.2, -0.15) is 0 Å². The van der Waals surface area contributed by atoms with Crippen LogP contribution < -0.4 is 0 Å².